The number of halogens is 2. The minimum Gasteiger partial charge on any atom is -0.497 e. The average Bonchev–Trinajstić information content (AvgIpc) is 3.32. The second-order valence-corrected chi connectivity index (χ2v) is 8.64. The summed E-state index contributed by atoms with van der Waals surface area (Å²) in [5.74, 6) is 1.74. The fraction of sp³-hybridized carbons (Fsp3) is 0.261. The van der Waals surface area contributed by atoms with E-state index in [1.165, 1.54) is 6.33 Å². The number of anilines is 1. The third-order valence-corrected chi connectivity index (χ3v) is 6.24. The molecule has 0 atom stereocenters. The highest BCUT2D eigenvalue weighted by atomic mass is 35.5. The number of methoxy groups -OCH3 is 1. The lowest BCUT2D eigenvalue weighted by molar-refractivity contribution is -0.133. The number of fused-ring (bicyclic) bond motifs is 1. The van der Waals surface area contributed by atoms with Crippen LogP contribution in [0.3, 0.4) is 0 Å². The van der Waals surface area contributed by atoms with Crippen LogP contribution >= 0.6 is 23.2 Å². The molecule has 3 heterocycles. The average molecular weight is 514 g/mol. The molecule has 1 aliphatic rings. The van der Waals surface area contributed by atoms with Crippen molar-refractivity contribution in [1.82, 2.24) is 29.9 Å². The van der Waals surface area contributed by atoms with Gasteiger partial charge in [-0.2, -0.15) is 4.68 Å². The molecule has 4 aromatic rings. The standard InChI is InChI=1S/C23H21Cl2N7O3/c1-34-17-5-3-16(4-6-17)32-23-21(28-29-32)22(26-14-27-23)31-10-8-30(9-11-31)20(33)13-35-19-7-2-15(24)12-18(19)25/h2-7,12,14H,8-11,13H2,1H3. The molecule has 0 radical (unpaired) electrons. The summed E-state index contributed by atoms with van der Waals surface area (Å²) in [5, 5.41) is 9.49. The predicted molar refractivity (Wildman–Crippen MR) is 132 cm³/mol. The van der Waals surface area contributed by atoms with Crippen molar-refractivity contribution in [3.05, 3.63) is 58.8 Å². The topological polar surface area (TPSA) is 98.5 Å². The van der Waals surface area contributed by atoms with Gasteiger partial charge in [-0.3, -0.25) is 4.79 Å². The van der Waals surface area contributed by atoms with E-state index in [4.69, 9.17) is 32.7 Å². The van der Waals surface area contributed by atoms with Crippen LogP contribution in [-0.2, 0) is 4.79 Å². The molecule has 1 aliphatic heterocycles. The van der Waals surface area contributed by atoms with E-state index in [0.717, 1.165) is 11.4 Å². The van der Waals surface area contributed by atoms with Crippen LogP contribution in [0.5, 0.6) is 11.5 Å². The largest absolute Gasteiger partial charge is 0.497 e. The zero-order valence-electron chi connectivity index (χ0n) is 18.8. The molecular formula is C23H21Cl2N7O3. The summed E-state index contributed by atoms with van der Waals surface area (Å²) in [5.41, 5.74) is 2.02. The van der Waals surface area contributed by atoms with Crippen molar-refractivity contribution >= 4 is 46.1 Å². The van der Waals surface area contributed by atoms with Gasteiger partial charge >= 0.3 is 0 Å². The molecule has 0 bridgehead atoms. The second-order valence-electron chi connectivity index (χ2n) is 7.80. The van der Waals surface area contributed by atoms with Crippen molar-refractivity contribution in [1.29, 1.82) is 0 Å². The van der Waals surface area contributed by atoms with Crippen molar-refractivity contribution in [2.75, 3.05) is 44.8 Å². The summed E-state index contributed by atoms with van der Waals surface area (Å²) < 4.78 is 12.5. The molecule has 0 saturated carbocycles. The van der Waals surface area contributed by atoms with E-state index in [0.29, 0.717) is 59.0 Å². The lowest BCUT2D eigenvalue weighted by atomic mass is 10.3. The molecule has 1 saturated heterocycles. The van der Waals surface area contributed by atoms with Gasteiger partial charge in [0.05, 0.1) is 17.8 Å². The lowest BCUT2D eigenvalue weighted by Crippen LogP contribution is -2.50. The third kappa shape index (κ3) is 4.80. The first-order chi connectivity index (χ1) is 17.0. The smallest absolute Gasteiger partial charge is 0.260 e. The summed E-state index contributed by atoms with van der Waals surface area (Å²) in [4.78, 5) is 25.3. The third-order valence-electron chi connectivity index (χ3n) is 5.71. The normalized spacial score (nSPS) is 13.8. The maximum absolute atomic E-state index is 12.7. The summed E-state index contributed by atoms with van der Waals surface area (Å²) in [6.07, 6.45) is 1.50. The number of nitrogens with zero attached hydrogens (tertiary/aromatic N) is 7. The molecule has 2 aromatic carbocycles. The van der Waals surface area contributed by atoms with E-state index >= 15 is 0 Å². The fourth-order valence-electron chi connectivity index (χ4n) is 3.86. The van der Waals surface area contributed by atoms with Gasteiger partial charge in [0.25, 0.3) is 5.91 Å². The van der Waals surface area contributed by atoms with Crippen molar-refractivity contribution in [3.8, 4) is 17.2 Å². The number of hydrogen-bond acceptors (Lipinski definition) is 8. The Balaban J connectivity index is 1.25. The number of rotatable bonds is 6. The minimum atomic E-state index is -0.117. The quantitative estimate of drug-likeness (QED) is 0.387. The number of ether oxygens (including phenoxy) is 2. The second kappa shape index (κ2) is 9.93. The Morgan fingerprint density at radius 1 is 1.03 bits per heavy atom. The maximum atomic E-state index is 12.7. The van der Waals surface area contributed by atoms with E-state index < -0.39 is 0 Å². The Labute approximate surface area is 211 Å². The van der Waals surface area contributed by atoms with Crippen LogP contribution in [0.4, 0.5) is 5.82 Å². The van der Waals surface area contributed by atoms with Crippen molar-refractivity contribution in [2.24, 2.45) is 0 Å². The maximum Gasteiger partial charge on any atom is 0.260 e. The number of piperazine rings is 1. The highest BCUT2D eigenvalue weighted by Crippen LogP contribution is 2.28. The van der Waals surface area contributed by atoms with Gasteiger partial charge in [0.15, 0.2) is 23.6 Å². The summed E-state index contributed by atoms with van der Waals surface area (Å²) in [6, 6.07) is 12.4. The molecule has 12 heteroatoms. The molecule has 1 fully saturated rings. The van der Waals surface area contributed by atoms with Crippen LogP contribution in [0.1, 0.15) is 0 Å². The zero-order chi connectivity index (χ0) is 24.4. The van der Waals surface area contributed by atoms with Crippen LogP contribution in [0.2, 0.25) is 10.0 Å². The van der Waals surface area contributed by atoms with Crippen LogP contribution in [0.15, 0.2) is 48.8 Å². The van der Waals surface area contributed by atoms with Crippen LogP contribution in [-0.4, -0.2) is 75.7 Å². The molecule has 35 heavy (non-hydrogen) atoms. The van der Waals surface area contributed by atoms with Gasteiger partial charge < -0.3 is 19.3 Å². The molecule has 0 spiro atoms. The first-order valence-electron chi connectivity index (χ1n) is 10.8. The molecule has 180 valence electrons. The number of amides is 1. The number of benzene rings is 2. The molecule has 0 unspecified atom stereocenters. The molecule has 5 rings (SSSR count). The Morgan fingerprint density at radius 2 is 1.80 bits per heavy atom. The molecule has 10 nitrogen and oxygen atoms in total. The highest BCUT2D eigenvalue weighted by Gasteiger charge is 2.25. The van der Waals surface area contributed by atoms with Crippen molar-refractivity contribution in [2.45, 2.75) is 0 Å². The fourth-order valence-corrected chi connectivity index (χ4v) is 4.32. The molecule has 0 N–H and O–H groups in total. The van der Waals surface area contributed by atoms with E-state index in [2.05, 4.69) is 25.2 Å². The minimum absolute atomic E-state index is 0.102. The van der Waals surface area contributed by atoms with Crippen LogP contribution in [0.25, 0.3) is 16.9 Å². The van der Waals surface area contributed by atoms with E-state index in [-0.39, 0.29) is 12.5 Å². The first kappa shape index (κ1) is 23.1. The predicted octanol–water partition coefficient (Wildman–Crippen LogP) is 3.25. The van der Waals surface area contributed by atoms with Gasteiger partial charge in [0.1, 0.15) is 17.8 Å². The van der Waals surface area contributed by atoms with E-state index in [9.17, 15) is 4.79 Å². The zero-order valence-corrected chi connectivity index (χ0v) is 20.3. The monoisotopic (exact) mass is 513 g/mol. The van der Waals surface area contributed by atoms with Gasteiger partial charge in [0, 0.05) is 31.2 Å². The van der Waals surface area contributed by atoms with Gasteiger partial charge in [-0.05, 0) is 42.5 Å². The van der Waals surface area contributed by atoms with E-state index in [1.807, 2.05) is 24.3 Å². The molecule has 1 amide bonds. The van der Waals surface area contributed by atoms with Crippen molar-refractivity contribution in [3.63, 3.8) is 0 Å². The van der Waals surface area contributed by atoms with Gasteiger partial charge in [-0.15, -0.1) is 5.10 Å². The van der Waals surface area contributed by atoms with Gasteiger partial charge in [0.2, 0.25) is 0 Å². The first-order valence-corrected chi connectivity index (χ1v) is 11.6. The van der Waals surface area contributed by atoms with Crippen molar-refractivity contribution < 1.29 is 14.3 Å². The molecule has 0 aliphatic carbocycles. The SMILES string of the molecule is COc1ccc(-n2nnc3c(N4CCN(C(=O)COc5ccc(Cl)cc5Cl)CC4)ncnc32)cc1. The number of aromatic nitrogens is 5. The number of carbonyl (C=O) groups excluding carboxylic acids is 1. The number of hydrogen-bond donors (Lipinski definition) is 0. The summed E-state index contributed by atoms with van der Waals surface area (Å²) >= 11 is 12.0. The molecular weight excluding hydrogens is 493 g/mol. The van der Waals surface area contributed by atoms with Crippen LogP contribution in [0, 0.1) is 0 Å². The Bertz CT molecular complexity index is 1360. The summed E-state index contributed by atoms with van der Waals surface area (Å²) in [7, 11) is 1.62. The van der Waals surface area contributed by atoms with E-state index in [1.54, 1.807) is 34.9 Å². The van der Waals surface area contributed by atoms with Gasteiger partial charge in [-0.25, -0.2) is 9.97 Å². The van der Waals surface area contributed by atoms with Crippen LogP contribution < -0.4 is 14.4 Å². The Hall–Kier alpha value is -3.63. The number of carbonyl (C=O) groups is 1. The highest BCUT2D eigenvalue weighted by molar-refractivity contribution is 6.35. The lowest BCUT2D eigenvalue weighted by Gasteiger charge is -2.35. The van der Waals surface area contributed by atoms with Gasteiger partial charge in [-0.1, -0.05) is 28.4 Å². The molecule has 2 aromatic heterocycles. The summed E-state index contributed by atoms with van der Waals surface area (Å²) in [6.45, 7) is 2.13. The Morgan fingerprint density at radius 3 is 2.51 bits per heavy atom. The Kier molecular flexibility index (Phi) is 6.56.